The van der Waals surface area contributed by atoms with Gasteiger partial charge in [-0.15, -0.1) is 0 Å². The van der Waals surface area contributed by atoms with Crippen LogP contribution >= 0.6 is 0 Å². The fourth-order valence-corrected chi connectivity index (χ4v) is 1.62. The van der Waals surface area contributed by atoms with E-state index >= 15 is 0 Å². The second-order valence-electron chi connectivity index (χ2n) is 4.36. The molecule has 13 heavy (non-hydrogen) atoms. The van der Waals surface area contributed by atoms with Gasteiger partial charge in [0, 0.05) is 6.61 Å². The highest BCUT2D eigenvalue weighted by molar-refractivity contribution is 4.67. The predicted octanol–water partition coefficient (Wildman–Crippen LogP) is 4.16. The highest BCUT2D eigenvalue weighted by Crippen LogP contribution is 2.18. The Balaban J connectivity index is 3.29. The van der Waals surface area contributed by atoms with Crippen molar-refractivity contribution in [3.8, 4) is 0 Å². The van der Waals surface area contributed by atoms with Crippen LogP contribution in [0.1, 0.15) is 66.2 Å². The van der Waals surface area contributed by atoms with Gasteiger partial charge < -0.3 is 4.74 Å². The molecular formula is C12H26O. The molecule has 0 amide bonds. The van der Waals surface area contributed by atoms with Crippen LogP contribution in [0.3, 0.4) is 0 Å². The summed E-state index contributed by atoms with van der Waals surface area (Å²) in [4.78, 5) is 0. The van der Waals surface area contributed by atoms with Crippen LogP contribution in [-0.2, 0) is 4.74 Å². The van der Waals surface area contributed by atoms with Crippen LogP contribution in [0.15, 0.2) is 0 Å². The Bertz CT molecular complexity index is 108. The molecule has 0 spiro atoms. The third-order valence-electron chi connectivity index (χ3n) is 2.42. The standard InChI is InChI=1S/C12H26O/c1-5-7-8-9-10-11-12(3,4)13-6-2/h5-11H2,1-4H3. The minimum absolute atomic E-state index is 0.0982. The summed E-state index contributed by atoms with van der Waals surface area (Å²) in [6.07, 6.45) is 7.98. The molecule has 0 bridgehead atoms. The van der Waals surface area contributed by atoms with Crippen LogP contribution in [0.25, 0.3) is 0 Å². The lowest BCUT2D eigenvalue weighted by Crippen LogP contribution is -2.23. The molecule has 0 saturated heterocycles. The van der Waals surface area contributed by atoms with Crippen molar-refractivity contribution in [3.05, 3.63) is 0 Å². The summed E-state index contributed by atoms with van der Waals surface area (Å²) in [5.41, 5.74) is 0.0982. The quantitative estimate of drug-likeness (QED) is 0.517. The number of unbranched alkanes of at least 4 members (excludes halogenated alkanes) is 4. The molecule has 0 atom stereocenters. The molecule has 80 valence electrons. The van der Waals surface area contributed by atoms with Crippen LogP contribution in [0.5, 0.6) is 0 Å². The molecular weight excluding hydrogens is 160 g/mol. The Kier molecular flexibility index (Phi) is 7.35. The maximum Gasteiger partial charge on any atom is 0.0626 e. The van der Waals surface area contributed by atoms with Gasteiger partial charge in [-0.05, 0) is 27.2 Å². The van der Waals surface area contributed by atoms with Gasteiger partial charge in [0.2, 0.25) is 0 Å². The van der Waals surface area contributed by atoms with Gasteiger partial charge in [0.15, 0.2) is 0 Å². The summed E-state index contributed by atoms with van der Waals surface area (Å²) in [6, 6.07) is 0. The molecule has 0 radical (unpaired) electrons. The largest absolute Gasteiger partial charge is 0.376 e. The lowest BCUT2D eigenvalue weighted by molar-refractivity contribution is -0.0177. The van der Waals surface area contributed by atoms with E-state index in [1.165, 1.54) is 38.5 Å². The first-order chi connectivity index (χ1) is 6.12. The van der Waals surface area contributed by atoms with Gasteiger partial charge in [-0.25, -0.2) is 0 Å². The molecule has 1 heteroatoms. The van der Waals surface area contributed by atoms with Gasteiger partial charge in [0.25, 0.3) is 0 Å². The molecule has 0 saturated carbocycles. The molecule has 0 aliphatic heterocycles. The topological polar surface area (TPSA) is 9.23 Å². The van der Waals surface area contributed by atoms with Gasteiger partial charge in [0.1, 0.15) is 0 Å². The van der Waals surface area contributed by atoms with E-state index < -0.39 is 0 Å². The van der Waals surface area contributed by atoms with Gasteiger partial charge in [-0.1, -0.05) is 39.0 Å². The number of rotatable bonds is 8. The van der Waals surface area contributed by atoms with Gasteiger partial charge in [0.05, 0.1) is 5.60 Å². The van der Waals surface area contributed by atoms with Crippen LogP contribution in [0, 0.1) is 0 Å². The van der Waals surface area contributed by atoms with Crippen LogP contribution in [0.2, 0.25) is 0 Å². The molecule has 1 nitrogen and oxygen atoms in total. The Morgan fingerprint density at radius 2 is 1.54 bits per heavy atom. The fourth-order valence-electron chi connectivity index (χ4n) is 1.62. The lowest BCUT2D eigenvalue weighted by atomic mass is 9.99. The monoisotopic (exact) mass is 186 g/mol. The normalized spacial score (nSPS) is 12.0. The zero-order chi connectivity index (χ0) is 10.2. The minimum Gasteiger partial charge on any atom is -0.376 e. The second-order valence-corrected chi connectivity index (χ2v) is 4.36. The molecule has 0 fully saturated rings. The van der Waals surface area contributed by atoms with E-state index in [1.807, 2.05) is 0 Å². The fraction of sp³-hybridized carbons (Fsp3) is 1.00. The van der Waals surface area contributed by atoms with Crippen molar-refractivity contribution < 1.29 is 4.74 Å². The smallest absolute Gasteiger partial charge is 0.0626 e. The van der Waals surface area contributed by atoms with Crippen molar-refractivity contribution in [2.24, 2.45) is 0 Å². The lowest BCUT2D eigenvalue weighted by Gasteiger charge is -2.24. The first kappa shape index (κ1) is 13.0. The Morgan fingerprint density at radius 1 is 0.923 bits per heavy atom. The van der Waals surface area contributed by atoms with E-state index in [0.717, 1.165) is 6.61 Å². The van der Waals surface area contributed by atoms with E-state index in [1.54, 1.807) is 0 Å². The SMILES string of the molecule is CCCCCCCC(C)(C)OCC. The summed E-state index contributed by atoms with van der Waals surface area (Å²) in [7, 11) is 0. The van der Waals surface area contributed by atoms with Crippen molar-refractivity contribution in [1.82, 2.24) is 0 Å². The molecule has 0 aromatic heterocycles. The summed E-state index contributed by atoms with van der Waals surface area (Å²) < 4.78 is 5.64. The number of hydrogen-bond donors (Lipinski definition) is 0. The maximum absolute atomic E-state index is 5.64. The average molecular weight is 186 g/mol. The summed E-state index contributed by atoms with van der Waals surface area (Å²) in [5.74, 6) is 0. The zero-order valence-corrected chi connectivity index (χ0v) is 9.86. The number of ether oxygens (including phenoxy) is 1. The van der Waals surface area contributed by atoms with E-state index in [2.05, 4.69) is 27.7 Å². The van der Waals surface area contributed by atoms with E-state index in [-0.39, 0.29) is 5.60 Å². The number of hydrogen-bond acceptors (Lipinski definition) is 1. The first-order valence-electron chi connectivity index (χ1n) is 5.76. The molecule has 0 aromatic rings. The Morgan fingerprint density at radius 3 is 2.08 bits per heavy atom. The summed E-state index contributed by atoms with van der Waals surface area (Å²) in [5, 5.41) is 0. The zero-order valence-electron chi connectivity index (χ0n) is 9.86. The molecule has 0 heterocycles. The van der Waals surface area contributed by atoms with E-state index in [9.17, 15) is 0 Å². The third-order valence-corrected chi connectivity index (χ3v) is 2.42. The third kappa shape index (κ3) is 8.29. The van der Waals surface area contributed by atoms with Crippen LogP contribution < -0.4 is 0 Å². The molecule has 0 rings (SSSR count). The van der Waals surface area contributed by atoms with Crippen LogP contribution in [-0.4, -0.2) is 12.2 Å². The molecule has 0 aliphatic rings. The van der Waals surface area contributed by atoms with Crippen LogP contribution in [0.4, 0.5) is 0 Å². The Hall–Kier alpha value is -0.0400. The average Bonchev–Trinajstić information content (AvgIpc) is 2.04. The summed E-state index contributed by atoms with van der Waals surface area (Å²) in [6.45, 7) is 9.54. The molecule has 0 aliphatic carbocycles. The van der Waals surface area contributed by atoms with E-state index in [4.69, 9.17) is 4.74 Å². The maximum atomic E-state index is 5.64. The van der Waals surface area contributed by atoms with Gasteiger partial charge in [-0.3, -0.25) is 0 Å². The van der Waals surface area contributed by atoms with Gasteiger partial charge in [-0.2, -0.15) is 0 Å². The van der Waals surface area contributed by atoms with Crippen molar-refractivity contribution in [2.45, 2.75) is 71.8 Å². The Labute approximate surface area is 83.9 Å². The van der Waals surface area contributed by atoms with Crippen molar-refractivity contribution in [2.75, 3.05) is 6.61 Å². The molecule has 0 unspecified atom stereocenters. The minimum atomic E-state index is 0.0982. The molecule has 0 aromatic carbocycles. The van der Waals surface area contributed by atoms with E-state index in [0.29, 0.717) is 0 Å². The first-order valence-corrected chi connectivity index (χ1v) is 5.76. The summed E-state index contributed by atoms with van der Waals surface area (Å²) >= 11 is 0. The highest BCUT2D eigenvalue weighted by Gasteiger charge is 2.16. The van der Waals surface area contributed by atoms with Crippen molar-refractivity contribution >= 4 is 0 Å². The van der Waals surface area contributed by atoms with Crippen molar-refractivity contribution in [1.29, 1.82) is 0 Å². The second kappa shape index (κ2) is 7.37. The van der Waals surface area contributed by atoms with Gasteiger partial charge >= 0.3 is 0 Å². The highest BCUT2D eigenvalue weighted by atomic mass is 16.5. The molecule has 0 N–H and O–H groups in total. The predicted molar refractivity (Wildman–Crippen MR) is 59.1 cm³/mol. The van der Waals surface area contributed by atoms with Crippen molar-refractivity contribution in [3.63, 3.8) is 0 Å².